The molecule has 1 fully saturated rings. The van der Waals surface area contributed by atoms with E-state index in [9.17, 15) is 10.1 Å². The quantitative estimate of drug-likeness (QED) is 0.757. The van der Waals surface area contributed by atoms with E-state index in [2.05, 4.69) is 41.9 Å². The number of carbonyl (C=O) groups is 1. The van der Waals surface area contributed by atoms with Gasteiger partial charge < -0.3 is 15.4 Å². The van der Waals surface area contributed by atoms with Gasteiger partial charge >= 0.3 is 6.09 Å². The number of halogens is 1. The molecule has 0 aromatic carbocycles. The summed E-state index contributed by atoms with van der Waals surface area (Å²) < 4.78 is 6.12. The number of nitriles is 1. The van der Waals surface area contributed by atoms with Crippen molar-refractivity contribution < 1.29 is 9.53 Å². The predicted octanol–water partition coefficient (Wildman–Crippen LogP) is 2.37. The van der Waals surface area contributed by atoms with Gasteiger partial charge in [-0.05, 0) is 47.3 Å². The van der Waals surface area contributed by atoms with E-state index in [4.69, 9.17) is 10.5 Å². The van der Waals surface area contributed by atoms with E-state index in [1.807, 2.05) is 19.1 Å². The Hall–Kier alpha value is -2.73. The zero-order valence-corrected chi connectivity index (χ0v) is 16.9. The first-order chi connectivity index (χ1) is 13.4. The van der Waals surface area contributed by atoms with E-state index in [0.29, 0.717) is 35.6 Å². The second kappa shape index (κ2) is 7.02. The Bertz CT molecular complexity index is 981. The van der Waals surface area contributed by atoms with Gasteiger partial charge in [-0.15, -0.1) is 0 Å². The number of ether oxygens (including phenoxy) is 1. The molecule has 2 aromatic rings. The van der Waals surface area contributed by atoms with Crippen molar-refractivity contribution in [3.05, 3.63) is 45.4 Å². The molecule has 1 aliphatic carbocycles. The first kappa shape index (κ1) is 18.6. The normalized spacial score (nSPS) is 19.9. The highest BCUT2D eigenvalue weighted by atomic mass is 79.9. The largest absolute Gasteiger partial charge is 0.445 e. The van der Waals surface area contributed by atoms with Crippen LogP contribution in [0.4, 0.5) is 10.7 Å². The van der Waals surface area contributed by atoms with Gasteiger partial charge in [0.2, 0.25) is 5.95 Å². The number of anilines is 1. The Morgan fingerprint density at radius 2 is 2.18 bits per heavy atom. The highest BCUT2D eigenvalue weighted by molar-refractivity contribution is 9.10. The van der Waals surface area contributed by atoms with Crippen LogP contribution < -0.4 is 10.6 Å². The minimum Gasteiger partial charge on any atom is -0.445 e. The van der Waals surface area contributed by atoms with Gasteiger partial charge in [-0.25, -0.2) is 14.8 Å². The predicted molar refractivity (Wildman–Crippen MR) is 105 cm³/mol. The summed E-state index contributed by atoms with van der Waals surface area (Å²) in [4.78, 5) is 27.1. The van der Waals surface area contributed by atoms with E-state index in [1.54, 1.807) is 6.20 Å². The topological polar surface area (TPSA) is 118 Å². The molecule has 28 heavy (non-hydrogen) atoms. The van der Waals surface area contributed by atoms with Gasteiger partial charge in [-0.2, -0.15) is 5.26 Å². The van der Waals surface area contributed by atoms with E-state index in [0.717, 1.165) is 29.8 Å². The number of hydrogen-bond acceptors (Lipinski definition) is 7. The van der Waals surface area contributed by atoms with Gasteiger partial charge in [0.05, 0.1) is 21.3 Å². The van der Waals surface area contributed by atoms with Crippen LogP contribution in [0.25, 0.3) is 0 Å². The zero-order valence-electron chi connectivity index (χ0n) is 15.4. The van der Waals surface area contributed by atoms with Crippen molar-refractivity contribution >= 4 is 28.0 Å². The fourth-order valence-electron chi connectivity index (χ4n) is 4.32. The monoisotopic (exact) mass is 442 g/mol. The average molecular weight is 443 g/mol. The number of rotatable bonds is 2. The third-order valence-corrected chi connectivity index (χ3v) is 6.64. The average Bonchev–Trinajstić information content (AvgIpc) is 2.97. The molecule has 1 spiro atoms. The Kier molecular flexibility index (Phi) is 4.67. The molecule has 3 heterocycles. The van der Waals surface area contributed by atoms with Gasteiger partial charge in [-0.3, -0.25) is 4.98 Å². The van der Waals surface area contributed by atoms with Crippen LogP contribution in [0.1, 0.15) is 35.5 Å². The first-order valence-corrected chi connectivity index (χ1v) is 9.83. The zero-order chi connectivity index (χ0) is 19.9. The van der Waals surface area contributed by atoms with Crippen molar-refractivity contribution in [2.75, 3.05) is 18.0 Å². The van der Waals surface area contributed by atoms with Crippen molar-refractivity contribution in [3.8, 4) is 6.07 Å². The number of aromatic nitrogens is 3. The highest BCUT2D eigenvalue weighted by Gasteiger charge is 2.51. The van der Waals surface area contributed by atoms with Gasteiger partial charge in [0.25, 0.3) is 0 Å². The van der Waals surface area contributed by atoms with E-state index >= 15 is 0 Å². The van der Waals surface area contributed by atoms with E-state index in [1.165, 1.54) is 0 Å². The molecular weight excluding hydrogens is 424 g/mol. The van der Waals surface area contributed by atoms with Crippen molar-refractivity contribution in [2.24, 2.45) is 5.73 Å². The number of piperidine rings is 1. The molecule has 2 N–H and O–H groups in total. The number of nitrogens with two attached hydrogens (primary N) is 1. The third kappa shape index (κ3) is 2.98. The van der Waals surface area contributed by atoms with Crippen molar-refractivity contribution in [3.63, 3.8) is 0 Å². The Balaban J connectivity index is 1.63. The van der Waals surface area contributed by atoms with Crippen molar-refractivity contribution in [1.29, 1.82) is 5.26 Å². The lowest BCUT2D eigenvalue weighted by Gasteiger charge is -2.42. The summed E-state index contributed by atoms with van der Waals surface area (Å²) in [5.41, 5.74) is 8.12. The molecule has 9 heteroatoms. The summed E-state index contributed by atoms with van der Waals surface area (Å²) in [6.07, 6.45) is 2.79. The lowest BCUT2D eigenvalue weighted by Crippen LogP contribution is -2.50. The molecule has 1 aliphatic heterocycles. The van der Waals surface area contributed by atoms with E-state index < -0.39 is 6.09 Å². The molecule has 0 radical (unpaired) electrons. The van der Waals surface area contributed by atoms with Crippen LogP contribution in [-0.2, 0) is 16.6 Å². The second-order valence-corrected chi connectivity index (χ2v) is 7.96. The van der Waals surface area contributed by atoms with Crippen LogP contribution in [-0.4, -0.2) is 40.2 Å². The number of amides is 1. The van der Waals surface area contributed by atoms with Crippen LogP contribution in [0.5, 0.6) is 0 Å². The summed E-state index contributed by atoms with van der Waals surface area (Å²) in [7, 11) is 0. The molecule has 0 bridgehead atoms. The standard InChI is InChI=1S/C19H19BrN6O2/c1-11-15(20)13(10-21)25-18(24-11)26-7-4-19(5-8-26)14(28-17(22)27)9-12-3-2-6-23-16(12)19/h2-3,6,14H,4-5,7-9H2,1H3,(H2,22,27)/t14-/m1/s1. The smallest absolute Gasteiger partial charge is 0.404 e. The molecule has 1 amide bonds. The molecule has 4 rings (SSSR count). The maximum Gasteiger partial charge on any atom is 0.404 e. The molecule has 8 nitrogen and oxygen atoms in total. The number of pyridine rings is 1. The van der Waals surface area contributed by atoms with Crippen molar-refractivity contribution in [2.45, 2.75) is 37.7 Å². The maximum atomic E-state index is 11.5. The maximum absolute atomic E-state index is 11.5. The van der Waals surface area contributed by atoms with E-state index in [-0.39, 0.29) is 11.5 Å². The summed E-state index contributed by atoms with van der Waals surface area (Å²) >= 11 is 3.36. The summed E-state index contributed by atoms with van der Waals surface area (Å²) in [5, 5.41) is 9.30. The lowest BCUT2D eigenvalue weighted by atomic mass is 9.74. The number of aryl methyl sites for hydroxylation is 1. The summed E-state index contributed by atoms with van der Waals surface area (Å²) in [6.45, 7) is 3.18. The second-order valence-electron chi connectivity index (χ2n) is 7.17. The molecule has 1 saturated heterocycles. The number of nitrogens with zero attached hydrogens (tertiary/aromatic N) is 5. The van der Waals surface area contributed by atoms with Gasteiger partial charge in [0, 0.05) is 25.7 Å². The highest BCUT2D eigenvalue weighted by Crippen LogP contribution is 2.47. The fourth-order valence-corrected chi connectivity index (χ4v) is 4.58. The van der Waals surface area contributed by atoms with Gasteiger partial charge in [0.1, 0.15) is 12.2 Å². The lowest BCUT2D eigenvalue weighted by molar-refractivity contribution is 0.0480. The van der Waals surface area contributed by atoms with Crippen LogP contribution in [0, 0.1) is 18.3 Å². The molecule has 2 aliphatic rings. The summed E-state index contributed by atoms with van der Waals surface area (Å²) in [5.74, 6) is 0.540. The molecule has 0 saturated carbocycles. The van der Waals surface area contributed by atoms with Crippen LogP contribution in [0.2, 0.25) is 0 Å². The molecule has 2 aromatic heterocycles. The minimum atomic E-state index is -0.759. The number of fused-ring (bicyclic) bond motifs is 2. The van der Waals surface area contributed by atoms with Crippen LogP contribution in [0.3, 0.4) is 0 Å². The molecule has 1 atom stereocenters. The fraction of sp³-hybridized carbons (Fsp3) is 0.421. The Morgan fingerprint density at radius 1 is 1.43 bits per heavy atom. The number of primary amides is 1. The van der Waals surface area contributed by atoms with Crippen molar-refractivity contribution in [1.82, 2.24) is 15.0 Å². The Labute approximate surface area is 170 Å². The summed E-state index contributed by atoms with van der Waals surface area (Å²) in [6, 6.07) is 6.03. The van der Waals surface area contributed by atoms with Crippen LogP contribution in [0.15, 0.2) is 22.8 Å². The van der Waals surface area contributed by atoms with Crippen LogP contribution >= 0.6 is 15.9 Å². The van der Waals surface area contributed by atoms with Gasteiger partial charge in [0.15, 0.2) is 5.69 Å². The SMILES string of the molecule is Cc1nc(N2CCC3(CC2)c2ncccc2C[C@H]3OC(N)=O)nc(C#N)c1Br. The minimum absolute atomic E-state index is 0.320. The number of hydrogen-bond donors (Lipinski definition) is 1. The molecule has 0 unspecified atom stereocenters. The Morgan fingerprint density at radius 3 is 2.86 bits per heavy atom. The molecular formula is C19H19BrN6O2. The van der Waals surface area contributed by atoms with Gasteiger partial charge in [-0.1, -0.05) is 6.07 Å². The third-order valence-electron chi connectivity index (χ3n) is 5.69. The molecule has 144 valence electrons. The number of carbonyl (C=O) groups excluding carboxylic acids is 1. The first-order valence-electron chi connectivity index (χ1n) is 9.04.